The Kier molecular flexibility index (Phi) is 4.93. The number of hydrogen-bond acceptors (Lipinski definition) is 6. The Morgan fingerprint density at radius 2 is 2.21 bits per heavy atom. The summed E-state index contributed by atoms with van der Waals surface area (Å²) >= 11 is 1.59. The Balaban J connectivity index is 2.02. The first-order valence-electron chi connectivity index (χ1n) is 6.23. The molecule has 19 heavy (non-hydrogen) atoms. The van der Waals surface area contributed by atoms with Crippen molar-refractivity contribution < 1.29 is 9.26 Å². The minimum absolute atomic E-state index is 0.0602. The van der Waals surface area contributed by atoms with Gasteiger partial charge in [0.1, 0.15) is 6.10 Å². The van der Waals surface area contributed by atoms with Crippen LogP contribution in [0.3, 0.4) is 0 Å². The van der Waals surface area contributed by atoms with Crippen molar-refractivity contribution >= 4 is 11.8 Å². The molecule has 2 aromatic rings. The van der Waals surface area contributed by atoms with Gasteiger partial charge in [-0.25, -0.2) is 4.98 Å². The number of nitrogens with zero attached hydrogens (tertiary/aromatic N) is 3. The maximum absolute atomic E-state index is 5.44. The van der Waals surface area contributed by atoms with Crippen molar-refractivity contribution in [1.82, 2.24) is 15.1 Å². The fraction of sp³-hybridized carbons (Fsp3) is 0.462. The minimum Gasteiger partial charge on any atom is -0.371 e. The SMILES string of the molecule is CCO[C@H](C)c1noc([C@H](C)Sc2ccccn2)n1. The van der Waals surface area contributed by atoms with Gasteiger partial charge in [-0.3, -0.25) is 0 Å². The van der Waals surface area contributed by atoms with Crippen LogP contribution in [0.5, 0.6) is 0 Å². The number of pyridine rings is 1. The molecule has 0 aliphatic heterocycles. The minimum atomic E-state index is -0.144. The predicted octanol–water partition coefficient (Wildman–Crippen LogP) is 3.42. The van der Waals surface area contributed by atoms with Crippen molar-refractivity contribution in [2.24, 2.45) is 0 Å². The summed E-state index contributed by atoms with van der Waals surface area (Å²) in [7, 11) is 0. The van der Waals surface area contributed by atoms with E-state index in [1.54, 1.807) is 18.0 Å². The van der Waals surface area contributed by atoms with Gasteiger partial charge in [0.05, 0.1) is 10.3 Å². The molecule has 2 aromatic heterocycles. The van der Waals surface area contributed by atoms with Gasteiger partial charge in [0.15, 0.2) is 5.82 Å². The zero-order chi connectivity index (χ0) is 13.7. The molecule has 2 heterocycles. The molecule has 102 valence electrons. The molecule has 0 N–H and O–H groups in total. The fourth-order valence-corrected chi connectivity index (χ4v) is 2.39. The quantitative estimate of drug-likeness (QED) is 0.755. The lowest BCUT2D eigenvalue weighted by Gasteiger charge is -2.06. The van der Waals surface area contributed by atoms with E-state index in [4.69, 9.17) is 9.26 Å². The van der Waals surface area contributed by atoms with Crippen LogP contribution in [0.15, 0.2) is 33.9 Å². The van der Waals surface area contributed by atoms with Crippen LogP contribution in [0, 0.1) is 0 Å². The van der Waals surface area contributed by atoms with Crippen LogP contribution in [0.4, 0.5) is 0 Å². The van der Waals surface area contributed by atoms with Gasteiger partial charge in [-0.1, -0.05) is 23.0 Å². The first kappa shape index (κ1) is 14.0. The summed E-state index contributed by atoms with van der Waals surface area (Å²) in [4.78, 5) is 8.64. The maximum Gasteiger partial charge on any atom is 0.240 e. The molecule has 5 nitrogen and oxygen atoms in total. The summed E-state index contributed by atoms with van der Waals surface area (Å²) in [6.07, 6.45) is 1.63. The highest BCUT2D eigenvalue weighted by atomic mass is 32.2. The van der Waals surface area contributed by atoms with Gasteiger partial charge < -0.3 is 9.26 Å². The molecule has 2 rings (SSSR count). The highest BCUT2D eigenvalue weighted by Crippen LogP contribution is 2.32. The van der Waals surface area contributed by atoms with E-state index >= 15 is 0 Å². The van der Waals surface area contributed by atoms with Crippen molar-refractivity contribution in [2.45, 2.75) is 37.2 Å². The number of hydrogen-bond donors (Lipinski definition) is 0. The maximum atomic E-state index is 5.44. The van der Waals surface area contributed by atoms with E-state index in [-0.39, 0.29) is 11.4 Å². The zero-order valence-electron chi connectivity index (χ0n) is 11.2. The monoisotopic (exact) mass is 279 g/mol. The lowest BCUT2D eigenvalue weighted by Crippen LogP contribution is -2.01. The molecule has 0 radical (unpaired) electrons. The van der Waals surface area contributed by atoms with Crippen LogP contribution in [-0.2, 0) is 4.74 Å². The second kappa shape index (κ2) is 6.68. The number of ether oxygens (including phenoxy) is 1. The fourth-order valence-electron chi connectivity index (χ4n) is 1.55. The molecule has 2 atom stereocenters. The van der Waals surface area contributed by atoms with Gasteiger partial charge in [0, 0.05) is 12.8 Å². The Bertz CT molecular complexity index is 504. The van der Waals surface area contributed by atoms with Gasteiger partial charge in [-0.05, 0) is 32.9 Å². The van der Waals surface area contributed by atoms with Crippen molar-refractivity contribution in [3.8, 4) is 0 Å². The smallest absolute Gasteiger partial charge is 0.240 e. The van der Waals surface area contributed by atoms with Gasteiger partial charge in [0.25, 0.3) is 0 Å². The van der Waals surface area contributed by atoms with Crippen molar-refractivity contribution in [1.29, 1.82) is 0 Å². The Hall–Kier alpha value is -1.40. The molecule has 0 aliphatic rings. The molecule has 6 heteroatoms. The summed E-state index contributed by atoms with van der Waals surface area (Å²) in [6, 6.07) is 5.81. The molecule has 0 fully saturated rings. The molecule has 0 aromatic carbocycles. The van der Waals surface area contributed by atoms with Crippen molar-refractivity contribution in [2.75, 3.05) is 6.61 Å². The lowest BCUT2D eigenvalue weighted by molar-refractivity contribution is 0.0683. The third-order valence-electron chi connectivity index (χ3n) is 2.52. The Labute approximate surface area is 116 Å². The van der Waals surface area contributed by atoms with Gasteiger partial charge in [0.2, 0.25) is 5.89 Å². The normalized spacial score (nSPS) is 14.3. The average Bonchev–Trinajstić information content (AvgIpc) is 2.90. The highest BCUT2D eigenvalue weighted by Gasteiger charge is 2.19. The molecule has 0 saturated carbocycles. The van der Waals surface area contributed by atoms with E-state index in [0.29, 0.717) is 18.3 Å². The molecular formula is C13H17N3O2S. The average molecular weight is 279 g/mol. The lowest BCUT2D eigenvalue weighted by atomic mass is 10.4. The summed E-state index contributed by atoms with van der Waals surface area (Å²) in [5, 5.41) is 4.95. The first-order chi connectivity index (χ1) is 9.20. The van der Waals surface area contributed by atoms with E-state index in [1.165, 1.54) is 0 Å². The topological polar surface area (TPSA) is 61.0 Å². The summed E-state index contributed by atoms with van der Waals surface area (Å²) in [5.41, 5.74) is 0. The van der Waals surface area contributed by atoms with Crippen LogP contribution in [0.2, 0.25) is 0 Å². The molecule has 0 amide bonds. The standard InChI is InChI=1S/C13H17N3O2S/c1-4-17-9(2)12-15-13(18-16-12)10(3)19-11-7-5-6-8-14-11/h5-10H,4H2,1-3H3/t9-,10+/m1/s1. The van der Waals surface area contributed by atoms with E-state index in [2.05, 4.69) is 15.1 Å². The van der Waals surface area contributed by atoms with Gasteiger partial charge in [-0.15, -0.1) is 0 Å². The van der Waals surface area contributed by atoms with Gasteiger partial charge in [-0.2, -0.15) is 4.98 Å². The number of aromatic nitrogens is 3. The Morgan fingerprint density at radius 3 is 2.89 bits per heavy atom. The van der Waals surface area contributed by atoms with Crippen LogP contribution in [-0.4, -0.2) is 21.7 Å². The molecule has 0 spiro atoms. The van der Waals surface area contributed by atoms with Crippen LogP contribution < -0.4 is 0 Å². The van der Waals surface area contributed by atoms with E-state index < -0.39 is 0 Å². The van der Waals surface area contributed by atoms with E-state index in [0.717, 1.165) is 5.03 Å². The van der Waals surface area contributed by atoms with E-state index in [9.17, 15) is 0 Å². The summed E-state index contributed by atoms with van der Waals surface area (Å²) in [6.45, 7) is 6.50. The number of rotatable bonds is 6. The second-order valence-corrected chi connectivity index (χ2v) is 5.38. The number of thioether (sulfide) groups is 1. The van der Waals surface area contributed by atoms with E-state index in [1.807, 2.05) is 39.0 Å². The van der Waals surface area contributed by atoms with Crippen LogP contribution in [0.1, 0.15) is 43.8 Å². The zero-order valence-corrected chi connectivity index (χ0v) is 12.1. The van der Waals surface area contributed by atoms with Crippen LogP contribution >= 0.6 is 11.8 Å². The second-order valence-electron chi connectivity index (χ2n) is 4.02. The van der Waals surface area contributed by atoms with Crippen molar-refractivity contribution in [3.63, 3.8) is 0 Å². The van der Waals surface area contributed by atoms with Crippen molar-refractivity contribution in [3.05, 3.63) is 36.1 Å². The van der Waals surface area contributed by atoms with Gasteiger partial charge >= 0.3 is 0 Å². The van der Waals surface area contributed by atoms with Crippen LogP contribution in [0.25, 0.3) is 0 Å². The molecule has 0 saturated heterocycles. The Morgan fingerprint density at radius 1 is 1.37 bits per heavy atom. The summed E-state index contributed by atoms with van der Waals surface area (Å²) in [5.74, 6) is 1.18. The molecule has 0 bridgehead atoms. The summed E-state index contributed by atoms with van der Waals surface area (Å²) < 4.78 is 10.7. The third-order valence-corrected chi connectivity index (χ3v) is 3.56. The first-order valence-corrected chi connectivity index (χ1v) is 7.11. The third kappa shape index (κ3) is 3.78. The highest BCUT2D eigenvalue weighted by molar-refractivity contribution is 7.99. The predicted molar refractivity (Wildman–Crippen MR) is 72.8 cm³/mol. The largest absolute Gasteiger partial charge is 0.371 e. The molecule has 0 aliphatic carbocycles. The molecule has 0 unspecified atom stereocenters. The molecular weight excluding hydrogens is 262 g/mol.